The standard InChI is InChI=1S/C29H30N2O4/c1-33-25-10-8-24(9-11-25)31-14-12-30(13-15-31)23-6-4-20(5-7-23)16-22-17-21-18-27(34-2)28(35-3)19-26(21)29(22)32/h4-11,16,18-19H,12-15,17H2,1-3H3/b22-16+. The van der Waals surface area contributed by atoms with Crippen LogP contribution in [0.4, 0.5) is 11.4 Å². The monoisotopic (exact) mass is 470 g/mol. The number of Topliss-reactive ketones (excluding diaryl/α,β-unsaturated/α-hetero) is 1. The number of hydrogen-bond donors (Lipinski definition) is 0. The summed E-state index contributed by atoms with van der Waals surface area (Å²) in [5, 5.41) is 0. The molecule has 3 aromatic carbocycles. The lowest BCUT2D eigenvalue weighted by molar-refractivity contribution is 0.104. The van der Waals surface area contributed by atoms with Crippen molar-refractivity contribution in [2.75, 3.05) is 57.3 Å². The molecule has 0 spiro atoms. The van der Waals surface area contributed by atoms with Crippen LogP contribution in [0.5, 0.6) is 17.2 Å². The minimum atomic E-state index is 0.0553. The molecule has 35 heavy (non-hydrogen) atoms. The first-order chi connectivity index (χ1) is 17.1. The maximum atomic E-state index is 13.0. The van der Waals surface area contributed by atoms with Gasteiger partial charge in [0.25, 0.3) is 0 Å². The highest BCUT2D eigenvalue weighted by Gasteiger charge is 2.27. The Morgan fingerprint density at radius 3 is 1.80 bits per heavy atom. The summed E-state index contributed by atoms with van der Waals surface area (Å²) in [4.78, 5) is 17.8. The van der Waals surface area contributed by atoms with E-state index in [4.69, 9.17) is 14.2 Å². The summed E-state index contributed by atoms with van der Waals surface area (Å²) in [6.07, 6.45) is 2.59. The fourth-order valence-corrected chi connectivity index (χ4v) is 4.85. The minimum Gasteiger partial charge on any atom is -0.497 e. The Morgan fingerprint density at radius 1 is 0.714 bits per heavy atom. The van der Waals surface area contributed by atoms with Gasteiger partial charge in [-0.15, -0.1) is 0 Å². The number of allylic oxidation sites excluding steroid dienone is 1. The highest BCUT2D eigenvalue weighted by molar-refractivity contribution is 6.16. The van der Waals surface area contributed by atoms with Gasteiger partial charge in [-0.3, -0.25) is 4.79 Å². The predicted molar refractivity (Wildman–Crippen MR) is 139 cm³/mol. The molecule has 0 saturated carbocycles. The number of nitrogens with zero attached hydrogens (tertiary/aromatic N) is 2. The lowest BCUT2D eigenvalue weighted by Crippen LogP contribution is -2.46. The first kappa shape index (κ1) is 22.8. The summed E-state index contributed by atoms with van der Waals surface area (Å²) in [6.45, 7) is 3.86. The zero-order chi connectivity index (χ0) is 24.4. The molecule has 6 nitrogen and oxygen atoms in total. The second-order valence-corrected chi connectivity index (χ2v) is 8.80. The van der Waals surface area contributed by atoms with Crippen LogP contribution in [0.15, 0.2) is 66.2 Å². The van der Waals surface area contributed by atoms with Crippen molar-refractivity contribution in [2.24, 2.45) is 0 Å². The molecule has 0 N–H and O–H groups in total. The molecule has 3 aromatic rings. The van der Waals surface area contributed by atoms with Crippen LogP contribution >= 0.6 is 0 Å². The van der Waals surface area contributed by atoms with Crippen molar-refractivity contribution in [1.82, 2.24) is 0 Å². The number of ketones is 1. The first-order valence-electron chi connectivity index (χ1n) is 11.8. The molecule has 0 aromatic heterocycles. The van der Waals surface area contributed by atoms with Crippen LogP contribution in [-0.4, -0.2) is 53.3 Å². The van der Waals surface area contributed by atoms with E-state index < -0.39 is 0 Å². The van der Waals surface area contributed by atoms with Crippen molar-refractivity contribution >= 4 is 23.2 Å². The molecule has 0 radical (unpaired) electrons. The van der Waals surface area contributed by atoms with E-state index in [0.29, 0.717) is 23.5 Å². The number of anilines is 2. The number of methoxy groups -OCH3 is 3. The maximum Gasteiger partial charge on any atom is 0.189 e. The number of carbonyl (C=O) groups excluding carboxylic acids is 1. The van der Waals surface area contributed by atoms with Crippen LogP contribution in [0, 0.1) is 0 Å². The highest BCUT2D eigenvalue weighted by atomic mass is 16.5. The molecule has 1 fully saturated rings. The summed E-state index contributed by atoms with van der Waals surface area (Å²) in [6, 6.07) is 20.4. The van der Waals surface area contributed by atoms with Gasteiger partial charge in [-0.05, 0) is 65.7 Å². The van der Waals surface area contributed by atoms with Crippen LogP contribution < -0.4 is 24.0 Å². The maximum absolute atomic E-state index is 13.0. The summed E-state index contributed by atoms with van der Waals surface area (Å²) in [5.41, 5.74) is 5.92. The molecule has 180 valence electrons. The SMILES string of the molecule is COc1ccc(N2CCN(c3ccc(/C=C4\Cc5cc(OC)c(OC)cc5C4=O)cc3)CC2)cc1. The Morgan fingerprint density at radius 2 is 1.26 bits per heavy atom. The minimum absolute atomic E-state index is 0.0553. The van der Waals surface area contributed by atoms with Crippen LogP contribution in [0.2, 0.25) is 0 Å². The molecule has 0 unspecified atom stereocenters. The Hall–Kier alpha value is -3.93. The Kier molecular flexibility index (Phi) is 6.36. The molecule has 0 atom stereocenters. The van der Waals surface area contributed by atoms with Gasteiger partial charge in [0.05, 0.1) is 21.3 Å². The largest absolute Gasteiger partial charge is 0.497 e. The highest BCUT2D eigenvalue weighted by Crippen LogP contribution is 2.37. The normalized spacial score (nSPS) is 16.4. The molecule has 1 heterocycles. The van der Waals surface area contributed by atoms with E-state index in [0.717, 1.165) is 48.6 Å². The number of fused-ring (bicyclic) bond motifs is 1. The third kappa shape index (κ3) is 4.56. The van der Waals surface area contributed by atoms with Gasteiger partial charge in [0.15, 0.2) is 17.3 Å². The van der Waals surface area contributed by atoms with Gasteiger partial charge in [0, 0.05) is 55.1 Å². The first-order valence-corrected chi connectivity index (χ1v) is 11.8. The number of hydrogen-bond acceptors (Lipinski definition) is 6. The average molecular weight is 471 g/mol. The Labute approximate surface area is 206 Å². The van der Waals surface area contributed by atoms with E-state index in [9.17, 15) is 4.79 Å². The fourth-order valence-electron chi connectivity index (χ4n) is 4.85. The number of benzene rings is 3. The zero-order valence-corrected chi connectivity index (χ0v) is 20.4. The van der Waals surface area contributed by atoms with Gasteiger partial charge in [0.1, 0.15) is 5.75 Å². The van der Waals surface area contributed by atoms with Gasteiger partial charge in [-0.25, -0.2) is 0 Å². The van der Waals surface area contributed by atoms with E-state index in [1.54, 1.807) is 27.4 Å². The van der Waals surface area contributed by atoms with Crippen LogP contribution in [0.1, 0.15) is 21.5 Å². The summed E-state index contributed by atoms with van der Waals surface area (Å²) < 4.78 is 16.0. The quantitative estimate of drug-likeness (QED) is 0.480. The van der Waals surface area contributed by atoms with Gasteiger partial charge in [-0.2, -0.15) is 0 Å². The lowest BCUT2D eigenvalue weighted by Gasteiger charge is -2.37. The Balaban J connectivity index is 1.24. The smallest absolute Gasteiger partial charge is 0.189 e. The van der Waals surface area contributed by atoms with Crippen molar-refractivity contribution in [3.8, 4) is 17.2 Å². The molecule has 1 aliphatic carbocycles. The second kappa shape index (κ2) is 9.74. The molecule has 2 aliphatic rings. The molecular weight excluding hydrogens is 440 g/mol. The van der Waals surface area contributed by atoms with Crippen LogP contribution in [0.3, 0.4) is 0 Å². The average Bonchev–Trinajstić information content (AvgIpc) is 3.22. The van der Waals surface area contributed by atoms with E-state index >= 15 is 0 Å². The zero-order valence-electron chi connectivity index (χ0n) is 20.4. The predicted octanol–water partition coefficient (Wildman–Crippen LogP) is 4.86. The van der Waals surface area contributed by atoms with Crippen LogP contribution in [-0.2, 0) is 6.42 Å². The van der Waals surface area contributed by atoms with Crippen molar-refractivity contribution in [3.05, 3.63) is 82.9 Å². The number of rotatable bonds is 6. The third-order valence-electron chi connectivity index (χ3n) is 6.84. The van der Waals surface area contributed by atoms with Gasteiger partial charge in [-0.1, -0.05) is 12.1 Å². The second-order valence-electron chi connectivity index (χ2n) is 8.80. The van der Waals surface area contributed by atoms with Crippen molar-refractivity contribution < 1.29 is 19.0 Å². The third-order valence-corrected chi connectivity index (χ3v) is 6.84. The number of carbonyl (C=O) groups is 1. The molecule has 6 heteroatoms. The summed E-state index contributed by atoms with van der Waals surface area (Å²) in [5.74, 6) is 2.17. The molecule has 5 rings (SSSR count). The van der Waals surface area contributed by atoms with E-state index in [1.807, 2.05) is 24.3 Å². The molecular formula is C29H30N2O4. The fraction of sp³-hybridized carbons (Fsp3) is 0.276. The number of ether oxygens (including phenoxy) is 3. The van der Waals surface area contributed by atoms with Gasteiger partial charge in [0.2, 0.25) is 0 Å². The molecule has 1 saturated heterocycles. The molecule has 0 bridgehead atoms. The van der Waals surface area contributed by atoms with Gasteiger partial charge >= 0.3 is 0 Å². The lowest BCUT2D eigenvalue weighted by atomic mass is 10.1. The van der Waals surface area contributed by atoms with Crippen molar-refractivity contribution in [3.63, 3.8) is 0 Å². The summed E-state index contributed by atoms with van der Waals surface area (Å²) in [7, 11) is 4.88. The number of piperazine rings is 1. The molecule has 1 aliphatic heterocycles. The van der Waals surface area contributed by atoms with Gasteiger partial charge < -0.3 is 24.0 Å². The molecule has 0 amide bonds. The summed E-state index contributed by atoms with van der Waals surface area (Å²) >= 11 is 0. The van der Waals surface area contributed by atoms with E-state index in [1.165, 1.54) is 11.4 Å². The van der Waals surface area contributed by atoms with Crippen molar-refractivity contribution in [1.29, 1.82) is 0 Å². The van der Waals surface area contributed by atoms with Crippen LogP contribution in [0.25, 0.3) is 6.08 Å². The van der Waals surface area contributed by atoms with E-state index in [2.05, 4.69) is 46.2 Å². The van der Waals surface area contributed by atoms with E-state index in [-0.39, 0.29) is 5.78 Å². The Bertz CT molecular complexity index is 1240. The van der Waals surface area contributed by atoms with Crippen molar-refractivity contribution in [2.45, 2.75) is 6.42 Å². The topological polar surface area (TPSA) is 51.2 Å².